The van der Waals surface area contributed by atoms with Crippen LogP contribution in [0.1, 0.15) is 39.7 Å². The van der Waals surface area contributed by atoms with Gasteiger partial charge in [-0.25, -0.2) is 9.48 Å². The summed E-state index contributed by atoms with van der Waals surface area (Å²) in [7, 11) is 0. The predicted octanol–water partition coefficient (Wildman–Crippen LogP) is 2.24. The van der Waals surface area contributed by atoms with Gasteiger partial charge in [0.1, 0.15) is 18.0 Å². The maximum atomic E-state index is 12.5. The van der Waals surface area contributed by atoms with Crippen molar-refractivity contribution in [2.24, 2.45) is 0 Å². The van der Waals surface area contributed by atoms with Crippen molar-refractivity contribution in [3.05, 3.63) is 35.1 Å². The number of halogens is 1. The van der Waals surface area contributed by atoms with E-state index in [0.29, 0.717) is 17.1 Å². The van der Waals surface area contributed by atoms with Gasteiger partial charge < -0.3 is 15.4 Å². The number of aromatic nitrogens is 4. The van der Waals surface area contributed by atoms with Crippen molar-refractivity contribution in [3.63, 3.8) is 0 Å². The Kier molecular flexibility index (Phi) is 6.73. The zero-order chi connectivity index (χ0) is 20.0. The number of carbonyl (C=O) groups is 2. The van der Waals surface area contributed by atoms with Crippen LogP contribution in [0.2, 0.25) is 5.02 Å². The molecule has 10 heteroatoms. The van der Waals surface area contributed by atoms with Gasteiger partial charge in [-0.2, -0.15) is 0 Å². The summed E-state index contributed by atoms with van der Waals surface area (Å²) < 4.78 is 6.67. The van der Waals surface area contributed by atoms with E-state index < -0.39 is 17.7 Å². The fraction of sp³-hybridized carbons (Fsp3) is 0.471. The molecule has 2 N–H and O–H groups in total. The van der Waals surface area contributed by atoms with Gasteiger partial charge in [0.25, 0.3) is 0 Å². The van der Waals surface area contributed by atoms with Crippen LogP contribution in [0.3, 0.4) is 0 Å². The summed E-state index contributed by atoms with van der Waals surface area (Å²) in [6.07, 6.45) is 1.23. The van der Waals surface area contributed by atoms with E-state index >= 15 is 0 Å². The first-order valence-corrected chi connectivity index (χ1v) is 8.86. The first kappa shape index (κ1) is 20.6. The minimum absolute atomic E-state index is 0.196. The molecule has 0 saturated carbocycles. The molecule has 0 bridgehead atoms. The number of carbonyl (C=O) groups excluding carboxylic acids is 2. The molecule has 2 amide bonds. The van der Waals surface area contributed by atoms with Crippen LogP contribution in [0.25, 0.3) is 5.69 Å². The number of ether oxygens (including phenoxy) is 1. The molecule has 0 aliphatic carbocycles. The highest BCUT2D eigenvalue weighted by Crippen LogP contribution is 2.19. The number of rotatable bonds is 6. The second-order valence-corrected chi connectivity index (χ2v) is 7.29. The fourth-order valence-corrected chi connectivity index (χ4v) is 2.49. The second-order valence-electron chi connectivity index (χ2n) is 6.85. The molecular formula is C17H23ClN6O3. The summed E-state index contributed by atoms with van der Waals surface area (Å²) in [4.78, 5) is 24.4. The number of tetrazole rings is 1. The van der Waals surface area contributed by atoms with Gasteiger partial charge >= 0.3 is 6.09 Å². The van der Waals surface area contributed by atoms with Gasteiger partial charge in [0.2, 0.25) is 5.91 Å². The number of hydrogen-bond acceptors (Lipinski definition) is 6. The van der Waals surface area contributed by atoms with E-state index in [4.69, 9.17) is 16.3 Å². The molecule has 0 saturated heterocycles. The molecule has 0 unspecified atom stereocenters. The highest BCUT2D eigenvalue weighted by molar-refractivity contribution is 6.30. The van der Waals surface area contributed by atoms with E-state index in [1.807, 2.05) is 0 Å². The minimum atomic E-state index is -0.712. The van der Waals surface area contributed by atoms with Crippen molar-refractivity contribution in [1.82, 2.24) is 30.8 Å². The van der Waals surface area contributed by atoms with Gasteiger partial charge in [-0.05, 0) is 61.4 Å². The first-order valence-electron chi connectivity index (χ1n) is 8.48. The van der Waals surface area contributed by atoms with E-state index in [2.05, 4.69) is 26.2 Å². The maximum absolute atomic E-state index is 12.5. The Balaban J connectivity index is 2.04. The van der Waals surface area contributed by atoms with Gasteiger partial charge in [-0.3, -0.25) is 4.79 Å². The predicted molar refractivity (Wildman–Crippen MR) is 99.5 cm³/mol. The molecule has 0 spiro atoms. The molecule has 2 rings (SSSR count). The first-order chi connectivity index (χ1) is 12.7. The average molecular weight is 395 g/mol. The quantitative estimate of drug-likeness (QED) is 0.777. The lowest BCUT2D eigenvalue weighted by atomic mass is 10.1. The standard InChI is InChI=1S/C17H23ClN6O3/c1-5-13(21-16(26)27-17(2,3)4)15(25)19-9-11-8-12(18)6-7-14(11)24-10-20-22-23-24/h6-8,10,13H,5,9H2,1-4H3,(H,19,25)(H,21,26)/t13-/m0/s1. The topological polar surface area (TPSA) is 111 Å². The highest BCUT2D eigenvalue weighted by atomic mass is 35.5. The molecule has 0 radical (unpaired) electrons. The molecule has 1 aromatic heterocycles. The third-order valence-corrected chi connectivity index (χ3v) is 3.74. The Morgan fingerprint density at radius 1 is 1.33 bits per heavy atom. The van der Waals surface area contributed by atoms with Crippen LogP contribution in [-0.2, 0) is 16.1 Å². The summed E-state index contributed by atoms with van der Waals surface area (Å²) in [6, 6.07) is 4.48. The number of hydrogen-bond donors (Lipinski definition) is 2. The van der Waals surface area contributed by atoms with Crippen molar-refractivity contribution < 1.29 is 14.3 Å². The Bertz CT molecular complexity index is 788. The molecule has 0 fully saturated rings. The van der Waals surface area contributed by atoms with E-state index in [1.165, 1.54) is 11.0 Å². The number of alkyl carbamates (subject to hydrolysis) is 1. The van der Waals surface area contributed by atoms with Crippen molar-refractivity contribution in [3.8, 4) is 5.69 Å². The summed E-state index contributed by atoms with van der Waals surface area (Å²) in [6.45, 7) is 7.27. The zero-order valence-corrected chi connectivity index (χ0v) is 16.4. The molecule has 0 aliphatic rings. The Hall–Kier alpha value is -2.68. The number of amides is 2. The third kappa shape index (κ3) is 6.21. The van der Waals surface area contributed by atoms with E-state index in [0.717, 1.165) is 5.56 Å². The lowest BCUT2D eigenvalue weighted by Crippen LogP contribution is -2.47. The van der Waals surface area contributed by atoms with Crippen molar-refractivity contribution in [2.75, 3.05) is 0 Å². The molecule has 1 heterocycles. The lowest BCUT2D eigenvalue weighted by molar-refractivity contribution is -0.123. The Labute approximate surface area is 162 Å². The van der Waals surface area contributed by atoms with Crippen LogP contribution in [0.4, 0.5) is 4.79 Å². The Morgan fingerprint density at radius 3 is 2.67 bits per heavy atom. The smallest absolute Gasteiger partial charge is 0.408 e. The zero-order valence-electron chi connectivity index (χ0n) is 15.7. The monoisotopic (exact) mass is 394 g/mol. The van der Waals surface area contributed by atoms with Gasteiger partial charge in [-0.15, -0.1) is 5.10 Å². The summed E-state index contributed by atoms with van der Waals surface area (Å²) >= 11 is 6.07. The molecule has 1 aromatic carbocycles. The second kappa shape index (κ2) is 8.81. The van der Waals surface area contributed by atoms with Crippen LogP contribution >= 0.6 is 11.6 Å². The molecule has 146 valence electrons. The van der Waals surface area contributed by atoms with Crippen molar-refractivity contribution in [2.45, 2.75) is 52.3 Å². The largest absolute Gasteiger partial charge is 0.444 e. The molecule has 1 atom stereocenters. The van der Waals surface area contributed by atoms with Gasteiger partial charge in [0.15, 0.2) is 0 Å². The Morgan fingerprint density at radius 2 is 2.07 bits per heavy atom. The lowest BCUT2D eigenvalue weighted by Gasteiger charge is -2.22. The summed E-state index contributed by atoms with van der Waals surface area (Å²) in [5.41, 5.74) is 0.786. The van der Waals surface area contributed by atoms with Crippen LogP contribution in [0.5, 0.6) is 0 Å². The third-order valence-electron chi connectivity index (χ3n) is 3.51. The van der Waals surface area contributed by atoms with Crippen LogP contribution in [0.15, 0.2) is 24.5 Å². The van der Waals surface area contributed by atoms with Crippen LogP contribution in [-0.4, -0.2) is 43.9 Å². The molecule has 9 nitrogen and oxygen atoms in total. The molecule has 27 heavy (non-hydrogen) atoms. The maximum Gasteiger partial charge on any atom is 0.408 e. The number of benzene rings is 1. The van der Waals surface area contributed by atoms with E-state index in [1.54, 1.807) is 45.9 Å². The highest BCUT2D eigenvalue weighted by Gasteiger charge is 2.23. The number of nitrogens with one attached hydrogen (secondary N) is 2. The molecule has 2 aromatic rings. The average Bonchev–Trinajstić information content (AvgIpc) is 3.10. The van der Waals surface area contributed by atoms with Crippen molar-refractivity contribution >= 4 is 23.6 Å². The SMILES string of the molecule is CC[C@H](NC(=O)OC(C)(C)C)C(=O)NCc1cc(Cl)ccc1-n1cnnn1. The van der Waals surface area contributed by atoms with Crippen LogP contribution in [0, 0.1) is 0 Å². The number of nitrogens with zero attached hydrogens (tertiary/aromatic N) is 4. The van der Waals surface area contributed by atoms with Crippen molar-refractivity contribution in [1.29, 1.82) is 0 Å². The molecule has 0 aliphatic heterocycles. The minimum Gasteiger partial charge on any atom is -0.444 e. The van der Waals surface area contributed by atoms with E-state index in [-0.39, 0.29) is 12.5 Å². The normalized spacial score (nSPS) is 12.3. The van der Waals surface area contributed by atoms with Gasteiger partial charge in [-0.1, -0.05) is 18.5 Å². The van der Waals surface area contributed by atoms with Gasteiger partial charge in [0, 0.05) is 11.6 Å². The van der Waals surface area contributed by atoms with Crippen LogP contribution < -0.4 is 10.6 Å². The summed E-state index contributed by atoms with van der Waals surface area (Å²) in [5.74, 6) is -0.328. The fourth-order valence-electron chi connectivity index (χ4n) is 2.30. The molecular weight excluding hydrogens is 372 g/mol. The van der Waals surface area contributed by atoms with Gasteiger partial charge in [0.05, 0.1) is 5.69 Å². The summed E-state index contributed by atoms with van der Waals surface area (Å²) in [5, 5.41) is 17.0. The van der Waals surface area contributed by atoms with E-state index in [9.17, 15) is 9.59 Å².